The fraction of sp³-hybridized carbons (Fsp3) is 0.667. The van der Waals surface area contributed by atoms with Gasteiger partial charge in [-0.15, -0.1) is 0 Å². The van der Waals surface area contributed by atoms with E-state index in [0.29, 0.717) is 0 Å². The molecule has 0 aliphatic carbocycles. The zero-order valence-corrected chi connectivity index (χ0v) is 10.9. The molecule has 1 rings (SSSR count). The molecule has 0 N–H and O–H groups in total. The summed E-state index contributed by atoms with van der Waals surface area (Å²) in [6.45, 7) is 16.1. The highest BCUT2D eigenvalue weighted by molar-refractivity contribution is 5.28. The third-order valence-corrected chi connectivity index (χ3v) is 2.00. The first-order valence-corrected chi connectivity index (χ1v) is 5.40. The smallest absolute Gasteiger partial charge is 0.0632 e. The van der Waals surface area contributed by atoms with Crippen LogP contribution >= 0.6 is 0 Å². The van der Waals surface area contributed by atoms with Gasteiger partial charge in [0.2, 0.25) is 0 Å². The topological polar surface area (TPSA) is 25.8 Å². The number of hydrogen-bond donors (Lipinski definition) is 0. The van der Waals surface area contributed by atoms with Crippen LogP contribution in [0.3, 0.4) is 0 Å². The maximum atomic E-state index is 3.99. The molecular formula is C12H24N2. The molecule has 14 heavy (non-hydrogen) atoms. The van der Waals surface area contributed by atoms with Crippen LogP contribution in [0.1, 0.15) is 50.2 Å². The van der Waals surface area contributed by atoms with E-state index in [1.165, 1.54) is 11.1 Å². The lowest BCUT2D eigenvalue weighted by molar-refractivity contribution is 0.905. The van der Waals surface area contributed by atoms with E-state index in [0.717, 1.165) is 11.4 Å². The van der Waals surface area contributed by atoms with Crippen molar-refractivity contribution in [3.05, 3.63) is 22.5 Å². The molecule has 82 valence electrons. The monoisotopic (exact) mass is 196 g/mol. The second kappa shape index (κ2) is 8.67. The summed E-state index contributed by atoms with van der Waals surface area (Å²) in [5.74, 6) is 0. The van der Waals surface area contributed by atoms with Gasteiger partial charge in [0, 0.05) is 0 Å². The highest BCUT2D eigenvalue weighted by Gasteiger charge is 2.00. The number of rotatable bonds is 0. The second-order valence-corrected chi connectivity index (χ2v) is 2.62. The highest BCUT2D eigenvalue weighted by Crippen LogP contribution is 2.10. The minimum Gasteiger partial charge on any atom is -0.155 e. The Kier molecular flexibility index (Phi) is 9.63. The summed E-state index contributed by atoms with van der Waals surface area (Å²) in [5, 5.41) is 7.98. The lowest BCUT2D eigenvalue weighted by Gasteiger charge is -2.03. The van der Waals surface area contributed by atoms with Crippen molar-refractivity contribution in [2.24, 2.45) is 0 Å². The molecule has 2 nitrogen and oxygen atoms in total. The summed E-state index contributed by atoms with van der Waals surface area (Å²) in [6, 6.07) is 0. The molecule has 0 saturated carbocycles. The first kappa shape index (κ1) is 15.5. The molecule has 2 heteroatoms. The lowest BCUT2D eigenvalue weighted by Crippen LogP contribution is -1.97. The molecule has 0 radical (unpaired) electrons. The summed E-state index contributed by atoms with van der Waals surface area (Å²) in [4.78, 5) is 0. The van der Waals surface area contributed by atoms with Gasteiger partial charge in [0.15, 0.2) is 0 Å². The molecule has 0 aliphatic heterocycles. The van der Waals surface area contributed by atoms with Gasteiger partial charge in [-0.2, -0.15) is 10.2 Å². The third kappa shape index (κ3) is 4.35. The zero-order chi connectivity index (χ0) is 11.7. The van der Waals surface area contributed by atoms with E-state index < -0.39 is 0 Å². The molecular weight excluding hydrogens is 172 g/mol. The first-order valence-electron chi connectivity index (χ1n) is 5.40. The predicted molar refractivity (Wildman–Crippen MR) is 63.7 cm³/mol. The standard InChI is InChI=1S/C8H12N2.2C2H6/c1-5-6(2)8(4)10-9-7(5)3;2*1-2/h1-4H3;2*1-2H3. The van der Waals surface area contributed by atoms with Crippen LogP contribution in [0.15, 0.2) is 0 Å². The van der Waals surface area contributed by atoms with Crippen molar-refractivity contribution in [3.8, 4) is 0 Å². The Bertz CT molecular complexity index is 228. The molecule has 0 unspecified atom stereocenters. The summed E-state index contributed by atoms with van der Waals surface area (Å²) in [7, 11) is 0. The normalized spacial score (nSPS) is 8.00. The summed E-state index contributed by atoms with van der Waals surface area (Å²) < 4.78 is 0. The van der Waals surface area contributed by atoms with E-state index in [-0.39, 0.29) is 0 Å². The molecule has 1 aromatic heterocycles. The van der Waals surface area contributed by atoms with Crippen molar-refractivity contribution in [2.75, 3.05) is 0 Å². The van der Waals surface area contributed by atoms with Gasteiger partial charge in [-0.1, -0.05) is 27.7 Å². The van der Waals surface area contributed by atoms with Crippen molar-refractivity contribution < 1.29 is 0 Å². The maximum Gasteiger partial charge on any atom is 0.0632 e. The maximum absolute atomic E-state index is 3.99. The predicted octanol–water partition coefficient (Wildman–Crippen LogP) is 3.76. The summed E-state index contributed by atoms with van der Waals surface area (Å²) >= 11 is 0. The van der Waals surface area contributed by atoms with Crippen LogP contribution in [0, 0.1) is 27.7 Å². The van der Waals surface area contributed by atoms with Gasteiger partial charge in [-0.3, -0.25) is 0 Å². The van der Waals surface area contributed by atoms with Crippen molar-refractivity contribution in [2.45, 2.75) is 55.4 Å². The summed E-state index contributed by atoms with van der Waals surface area (Å²) in [6.07, 6.45) is 0. The van der Waals surface area contributed by atoms with E-state index in [9.17, 15) is 0 Å². The van der Waals surface area contributed by atoms with E-state index in [1.54, 1.807) is 0 Å². The Balaban J connectivity index is 0. The van der Waals surface area contributed by atoms with E-state index in [1.807, 2.05) is 41.5 Å². The Labute approximate surface area is 88.8 Å². The Morgan fingerprint density at radius 2 is 0.786 bits per heavy atom. The second-order valence-electron chi connectivity index (χ2n) is 2.62. The Morgan fingerprint density at radius 3 is 1.00 bits per heavy atom. The molecule has 0 aliphatic rings. The first-order chi connectivity index (χ1) is 6.63. The van der Waals surface area contributed by atoms with Gasteiger partial charge >= 0.3 is 0 Å². The molecule has 0 fully saturated rings. The molecule has 1 heterocycles. The van der Waals surface area contributed by atoms with Crippen LogP contribution in [-0.4, -0.2) is 10.2 Å². The fourth-order valence-corrected chi connectivity index (χ4v) is 0.843. The van der Waals surface area contributed by atoms with Crippen molar-refractivity contribution in [3.63, 3.8) is 0 Å². The minimum absolute atomic E-state index is 1.03. The van der Waals surface area contributed by atoms with Gasteiger partial charge in [0.1, 0.15) is 0 Å². The quantitative estimate of drug-likeness (QED) is 0.631. The minimum atomic E-state index is 1.03. The van der Waals surface area contributed by atoms with Crippen LogP contribution in [0.5, 0.6) is 0 Å². The van der Waals surface area contributed by atoms with Gasteiger partial charge in [-0.05, 0) is 38.8 Å². The highest BCUT2D eigenvalue weighted by atomic mass is 15.1. The third-order valence-electron chi connectivity index (χ3n) is 2.00. The summed E-state index contributed by atoms with van der Waals surface area (Å²) in [5.41, 5.74) is 4.58. The number of hydrogen-bond acceptors (Lipinski definition) is 2. The van der Waals surface area contributed by atoms with Crippen LogP contribution in [-0.2, 0) is 0 Å². The van der Waals surface area contributed by atoms with Crippen molar-refractivity contribution in [1.82, 2.24) is 10.2 Å². The largest absolute Gasteiger partial charge is 0.155 e. The molecule has 0 saturated heterocycles. The Hall–Kier alpha value is -0.920. The van der Waals surface area contributed by atoms with Gasteiger partial charge in [0.05, 0.1) is 11.4 Å². The SMILES string of the molecule is CC.CC.Cc1nnc(C)c(C)c1C. The molecule has 0 aromatic carbocycles. The van der Waals surface area contributed by atoms with Crippen LogP contribution in [0.4, 0.5) is 0 Å². The molecule has 0 bridgehead atoms. The fourth-order valence-electron chi connectivity index (χ4n) is 0.843. The van der Waals surface area contributed by atoms with Gasteiger partial charge < -0.3 is 0 Å². The molecule has 0 spiro atoms. The average molecular weight is 196 g/mol. The van der Waals surface area contributed by atoms with E-state index in [2.05, 4.69) is 24.0 Å². The van der Waals surface area contributed by atoms with E-state index in [4.69, 9.17) is 0 Å². The molecule has 0 atom stereocenters. The lowest BCUT2D eigenvalue weighted by atomic mass is 10.1. The molecule has 0 amide bonds. The van der Waals surface area contributed by atoms with E-state index >= 15 is 0 Å². The number of aromatic nitrogens is 2. The molecule has 1 aromatic rings. The van der Waals surface area contributed by atoms with Gasteiger partial charge in [0.25, 0.3) is 0 Å². The van der Waals surface area contributed by atoms with Crippen LogP contribution in [0.25, 0.3) is 0 Å². The zero-order valence-electron chi connectivity index (χ0n) is 10.9. The Morgan fingerprint density at radius 1 is 0.571 bits per heavy atom. The average Bonchev–Trinajstić information content (AvgIpc) is 2.26. The number of nitrogens with zero attached hydrogens (tertiary/aromatic N) is 2. The van der Waals surface area contributed by atoms with Gasteiger partial charge in [-0.25, -0.2) is 0 Å². The van der Waals surface area contributed by atoms with Crippen molar-refractivity contribution in [1.29, 1.82) is 0 Å². The van der Waals surface area contributed by atoms with Crippen LogP contribution < -0.4 is 0 Å². The van der Waals surface area contributed by atoms with Crippen LogP contribution in [0.2, 0.25) is 0 Å². The van der Waals surface area contributed by atoms with Crippen molar-refractivity contribution >= 4 is 0 Å². The number of aryl methyl sites for hydroxylation is 2.